The van der Waals surface area contributed by atoms with Crippen LogP contribution in [0.25, 0.3) is 0 Å². The number of aryl methyl sites for hydroxylation is 2. The fourth-order valence-electron chi connectivity index (χ4n) is 2.02. The lowest BCUT2D eigenvalue weighted by Gasteiger charge is -2.18. The lowest BCUT2D eigenvalue weighted by molar-refractivity contribution is -0.115. The smallest absolute Gasteiger partial charge is 0.238 e. The Kier molecular flexibility index (Phi) is 4.69. The Morgan fingerprint density at radius 3 is 2.36 bits per heavy atom. The Hall–Kier alpha value is -2.94. The summed E-state index contributed by atoms with van der Waals surface area (Å²) in [6.45, 7) is 3.86. The minimum atomic E-state index is -0.318. The molecule has 2 aromatic rings. The van der Waals surface area contributed by atoms with Gasteiger partial charge in [-0.05, 0) is 44.2 Å². The standard InChI is InChI=1S/C16H17N5O/c1-11-10-12(2)19-16(18-11)21(3)14-6-4-13(5-7-14)20-15(22)8-9-17/h4-7,10H,8H2,1-3H3,(H,20,22). The highest BCUT2D eigenvalue weighted by Crippen LogP contribution is 2.22. The van der Waals surface area contributed by atoms with Crippen LogP contribution in [0.4, 0.5) is 17.3 Å². The zero-order valence-corrected chi connectivity index (χ0v) is 12.8. The highest BCUT2D eigenvalue weighted by Gasteiger charge is 2.09. The fourth-order valence-corrected chi connectivity index (χ4v) is 2.02. The van der Waals surface area contributed by atoms with Crippen molar-refractivity contribution < 1.29 is 4.79 Å². The topological polar surface area (TPSA) is 81.9 Å². The zero-order chi connectivity index (χ0) is 16.1. The van der Waals surface area contributed by atoms with Gasteiger partial charge in [-0.15, -0.1) is 0 Å². The fraction of sp³-hybridized carbons (Fsp3) is 0.250. The number of aromatic nitrogens is 2. The Morgan fingerprint density at radius 2 is 1.82 bits per heavy atom. The largest absolute Gasteiger partial charge is 0.325 e. The highest BCUT2D eigenvalue weighted by atomic mass is 16.1. The Balaban J connectivity index is 2.16. The molecule has 0 radical (unpaired) electrons. The quantitative estimate of drug-likeness (QED) is 0.937. The summed E-state index contributed by atoms with van der Waals surface area (Å²) in [7, 11) is 1.89. The first-order valence-corrected chi connectivity index (χ1v) is 6.82. The van der Waals surface area contributed by atoms with Crippen molar-refractivity contribution in [2.75, 3.05) is 17.3 Å². The van der Waals surface area contributed by atoms with Gasteiger partial charge in [0.2, 0.25) is 11.9 Å². The zero-order valence-electron chi connectivity index (χ0n) is 12.8. The van der Waals surface area contributed by atoms with Crippen molar-refractivity contribution in [2.24, 2.45) is 0 Å². The average Bonchev–Trinajstić information content (AvgIpc) is 2.46. The minimum Gasteiger partial charge on any atom is -0.325 e. The SMILES string of the molecule is Cc1cc(C)nc(N(C)c2ccc(NC(=O)CC#N)cc2)n1. The molecule has 0 aliphatic heterocycles. The number of carbonyl (C=O) groups excluding carboxylic acids is 1. The maximum absolute atomic E-state index is 11.4. The number of rotatable bonds is 4. The molecule has 112 valence electrons. The molecule has 0 saturated heterocycles. The Bertz CT molecular complexity index is 698. The van der Waals surface area contributed by atoms with Gasteiger partial charge in [0.1, 0.15) is 6.42 Å². The lowest BCUT2D eigenvalue weighted by Crippen LogP contribution is -2.14. The average molecular weight is 295 g/mol. The number of carbonyl (C=O) groups is 1. The first-order valence-electron chi connectivity index (χ1n) is 6.82. The molecule has 0 unspecified atom stereocenters. The summed E-state index contributed by atoms with van der Waals surface area (Å²) in [4.78, 5) is 22.1. The van der Waals surface area contributed by atoms with Gasteiger partial charge in [-0.1, -0.05) is 0 Å². The molecule has 1 heterocycles. The predicted octanol–water partition coefficient (Wildman–Crippen LogP) is 2.71. The lowest BCUT2D eigenvalue weighted by atomic mass is 10.2. The van der Waals surface area contributed by atoms with Gasteiger partial charge in [-0.25, -0.2) is 9.97 Å². The van der Waals surface area contributed by atoms with E-state index >= 15 is 0 Å². The van der Waals surface area contributed by atoms with Gasteiger partial charge in [-0.3, -0.25) is 4.79 Å². The van der Waals surface area contributed by atoms with E-state index in [4.69, 9.17) is 5.26 Å². The molecule has 0 fully saturated rings. The molecule has 6 nitrogen and oxygen atoms in total. The van der Waals surface area contributed by atoms with Crippen LogP contribution in [-0.2, 0) is 4.79 Å². The summed E-state index contributed by atoms with van der Waals surface area (Å²) in [6, 6.07) is 11.0. The van der Waals surface area contributed by atoms with Gasteiger partial charge in [0, 0.05) is 29.8 Å². The van der Waals surface area contributed by atoms with Crippen molar-refractivity contribution >= 4 is 23.2 Å². The van der Waals surface area contributed by atoms with Crippen LogP contribution < -0.4 is 10.2 Å². The number of hydrogen-bond acceptors (Lipinski definition) is 5. The second-order valence-corrected chi connectivity index (χ2v) is 4.94. The first kappa shape index (κ1) is 15.4. The molecule has 2 rings (SSSR count). The van der Waals surface area contributed by atoms with E-state index in [0.29, 0.717) is 11.6 Å². The molecule has 22 heavy (non-hydrogen) atoms. The summed E-state index contributed by atoms with van der Waals surface area (Å²) < 4.78 is 0. The molecule has 0 atom stereocenters. The molecule has 0 aliphatic carbocycles. The normalized spacial score (nSPS) is 9.91. The second-order valence-electron chi connectivity index (χ2n) is 4.94. The number of benzene rings is 1. The van der Waals surface area contributed by atoms with Gasteiger partial charge in [-0.2, -0.15) is 5.26 Å². The number of nitriles is 1. The molecular formula is C16H17N5O. The molecular weight excluding hydrogens is 278 g/mol. The van der Waals surface area contributed by atoms with Crippen LogP contribution in [0.2, 0.25) is 0 Å². The minimum absolute atomic E-state index is 0.155. The molecule has 0 aliphatic rings. The number of hydrogen-bond donors (Lipinski definition) is 1. The number of anilines is 3. The van der Waals surface area contributed by atoms with Crippen LogP contribution in [-0.4, -0.2) is 22.9 Å². The Labute approximate surface area is 129 Å². The highest BCUT2D eigenvalue weighted by molar-refractivity contribution is 5.92. The van der Waals surface area contributed by atoms with Crippen molar-refractivity contribution in [3.63, 3.8) is 0 Å². The van der Waals surface area contributed by atoms with E-state index in [-0.39, 0.29) is 12.3 Å². The van der Waals surface area contributed by atoms with E-state index in [1.165, 1.54) is 0 Å². The molecule has 0 spiro atoms. The Morgan fingerprint density at radius 1 is 1.23 bits per heavy atom. The van der Waals surface area contributed by atoms with Crippen molar-refractivity contribution in [1.29, 1.82) is 5.26 Å². The molecule has 1 aromatic carbocycles. The monoisotopic (exact) mass is 295 g/mol. The second kappa shape index (κ2) is 6.68. The summed E-state index contributed by atoms with van der Waals surface area (Å²) in [6.07, 6.45) is -0.155. The third-order valence-electron chi connectivity index (χ3n) is 3.05. The molecule has 0 saturated carbocycles. The summed E-state index contributed by atoms with van der Waals surface area (Å²) in [5, 5.41) is 11.1. The number of nitrogens with one attached hydrogen (secondary N) is 1. The van der Waals surface area contributed by atoms with Gasteiger partial charge in [0.15, 0.2) is 0 Å². The van der Waals surface area contributed by atoms with Gasteiger partial charge in [0.25, 0.3) is 0 Å². The van der Waals surface area contributed by atoms with E-state index in [0.717, 1.165) is 17.1 Å². The molecule has 6 heteroatoms. The van der Waals surface area contributed by atoms with E-state index in [1.807, 2.05) is 50.1 Å². The van der Waals surface area contributed by atoms with Crippen molar-refractivity contribution in [2.45, 2.75) is 20.3 Å². The maximum Gasteiger partial charge on any atom is 0.238 e. The van der Waals surface area contributed by atoms with Crippen LogP contribution in [0.3, 0.4) is 0 Å². The third-order valence-corrected chi connectivity index (χ3v) is 3.05. The molecule has 1 N–H and O–H groups in total. The van der Waals surface area contributed by atoms with E-state index < -0.39 is 0 Å². The van der Waals surface area contributed by atoms with Crippen LogP contribution in [0.15, 0.2) is 30.3 Å². The van der Waals surface area contributed by atoms with Crippen LogP contribution in [0.1, 0.15) is 17.8 Å². The maximum atomic E-state index is 11.4. The van der Waals surface area contributed by atoms with Crippen LogP contribution in [0, 0.1) is 25.2 Å². The number of amides is 1. The third kappa shape index (κ3) is 3.79. The molecule has 1 amide bonds. The van der Waals surface area contributed by atoms with Gasteiger partial charge < -0.3 is 10.2 Å². The van der Waals surface area contributed by atoms with Crippen molar-refractivity contribution in [3.05, 3.63) is 41.7 Å². The van der Waals surface area contributed by atoms with E-state index in [2.05, 4.69) is 15.3 Å². The van der Waals surface area contributed by atoms with Crippen molar-refractivity contribution in [3.8, 4) is 6.07 Å². The van der Waals surface area contributed by atoms with Crippen LogP contribution >= 0.6 is 0 Å². The summed E-state index contributed by atoms with van der Waals surface area (Å²) >= 11 is 0. The number of nitrogens with zero attached hydrogens (tertiary/aromatic N) is 4. The summed E-state index contributed by atoms with van der Waals surface area (Å²) in [5.41, 5.74) is 3.38. The van der Waals surface area contributed by atoms with Crippen molar-refractivity contribution in [1.82, 2.24) is 9.97 Å². The first-order chi connectivity index (χ1) is 10.5. The van der Waals surface area contributed by atoms with Gasteiger partial charge in [0.05, 0.1) is 6.07 Å². The summed E-state index contributed by atoms with van der Waals surface area (Å²) in [5.74, 6) is 0.306. The molecule has 1 aromatic heterocycles. The van der Waals surface area contributed by atoms with Crippen LogP contribution in [0.5, 0.6) is 0 Å². The van der Waals surface area contributed by atoms with E-state index in [9.17, 15) is 4.79 Å². The van der Waals surface area contributed by atoms with Gasteiger partial charge >= 0.3 is 0 Å². The van der Waals surface area contributed by atoms with E-state index in [1.54, 1.807) is 12.1 Å². The molecule has 0 bridgehead atoms. The predicted molar refractivity (Wildman–Crippen MR) is 84.9 cm³/mol.